The minimum Gasteiger partial charge on any atom is -0.493 e. The van der Waals surface area contributed by atoms with Gasteiger partial charge >= 0.3 is 5.97 Å². The Labute approximate surface area is 160 Å². The molecule has 26 heavy (non-hydrogen) atoms. The normalized spacial score (nSPS) is 10.2. The van der Waals surface area contributed by atoms with Crippen LogP contribution in [0.2, 0.25) is 0 Å². The second-order valence-corrected chi connectivity index (χ2v) is 6.27. The fraction of sp³-hybridized carbons (Fsp3) is 0.263. The molecule has 0 saturated carbocycles. The van der Waals surface area contributed by atoms with E-state index in [-0.39, 0.29) is 5.91 Å². The van der Waals surface area contributed by atoms with Gasteiger partial charge in [0, 0.05) is 16.6 Å². The minimum atomic E-state index is -0.416. The molecule has 0 heterocycles. The third-order valence-electron chi connectivity index (χ3n) is 3.76. The van der Waals surface area contributed by atoms with E-state index in [1.807, 2.05) is 12.1 Å². The first-order chi connectivity index (χ1) is 12.5. The van der Waals surface area contributed by atoms with E-state index < -0.39 is 5.97 Å². The zero-order valence-electron chi connectivity index (χ0n) is 14.8. The lowest BCUT2D eigenvalue weighted by Gasteiger charge is -2.12. The highest BCUT2D eigenvalue weighted by atomic mass is 79.9. The second-order valence-electron chi connectivity index (χ2n) is 5.42. The number of hydrogen-bond donors (Lipinski definition) is 1. The summed E-state index contributed by atoms with van der Waals surface area (Å²) in [5.74, 6) is 0.696. The molecule has 0 aliphatic rings. The topological polar surface area (TPSA) is 73.9 Å². The summed E-state index contributed by atoms with van der Waals surface area (Å²) in [5, 5.41) is 2.80. The van der Waals surface area contributed by atoms with Gasteiger partial charge in [-0.15, -0.1) is 0 Å². The molecule has 2 rings (SSSR count). The number of aryl methyl sites for hydroxylation is 1. The van der Waals surface area contributed by atoms with E-state index in [1.54, 1.807) is 38.5 Å². The third-order valence-corrected chi connectivity index (χ3v) is 4.50. The molecule has 1 N–H and O–H groups in total. The molecule has 0 radical (unpaired) electrons. The van der Waals surface area contributed by atoms with E-state index in [1.165, 1.54) is 7.11 Å². The number of methoxy groups -OCH3 is 3. The smallest absolute Gasteiger partial charge is 0.337 e. The van der Waals surface area contributed by atoms with Gasteiger partial charge in [-0.1, -0.05) is 15.9 Å². The fourth-order valence-corrected chi connectivity index (χ4v) is 2.89. The summed E-state index contributed by atoms with van der Waals surface area (Å²) in [7, 11) is 4.47. The summed E-state index contributed by atoms with van der Waals surface area (Å²) in [6, 6.07) is 10.2. The van der Waals surface area contributed by atoms with Crippen molar-refractivity contribution in [1.29, 1.82) is 0 Å². The van der Waals surface area contributed by atoms with E-state index in [2.05, 4.69) is 26.0 Å². The molecule has 0 spiro atoms. The number of ether oxygens (including phenoxy) is 3. The number of rotatable bonds is 7. The van der Waals surface area contributed by atoms with Gasteiger partial charge in [-0.25, -0.2) is 4.79 Å². The van der Waals surface area contributed by atoms with Gasteiger partial charge in [0.25, 0.3) is 0 Å². The van der Waals surface area contributed by atoms with E-state index in [0.717, 1.165) is 10.0 Å². The van der Waals surface area contributed by atoms with Gasteiger partial charge in [0.2, 0.25) is 5.91 Å². The largest absolute Gasteiger partial charge is 0.493 e. The number of benzene rings is 2. The maximum atomic E-state index is 12.2. The van der Waals surface area contributed by atoms with Crippen LogP contribution in [0.5, 0.6) is 11.5 Å². The fourth-order valence-electron chi connectivity index (χ4n) is 2.37. The van der Waals surface area contributed by atoms with Gasteiger partial charge in [-0.05, 0) is 48.4 Å². The van der Waals surface area contributed by atoms with Crippen LogP contribution >= 0.6 is 15.9 Å². The number of nitrogens with one attached hydrogen (secondary N) is 1. The first-order valence-corrected chi connectivity index (χ1v) is 8.66. The molecule has 1 amide bonds. The van der Waals surface area contributed by atoms with Crippen LogP contribution in [0.1, 0.15) is 22.3 Å². The van der Waals surface area contributed by atoms with Gasteiger partial charge in [0.05, 0.1) is 26.9 Å². The van der Waals surface area contributed by atoms with Crippen LogP contribution in [-0.4, -0.2) is 33.2 Å². The zero-order chi connectivity index (χ0) is 19.1. The monoisotopic (exact) mass is 421 g/mol. The van der Waals surface area contributed by atoms with Crippen molar-refractivity contribution in [2.45, 2.75) is 12.8 Å². The van der Waals surface area contributed by atoms with Crippen LogP contribution in [0.4, 0.5) is 5.69 Å². The molecule has 0 bridgehead atoms. The van der Waals surface area contributed by atoms with Crippen LogP contribution in [0.25, 0.3) is 0 Å². The van der Waals surface area contributed by atoms with E-state index >= 15 is 0 Å². The molecule has 0 saturated heterocycles. The quantitative estimate of drug-likeness (QED) is 0.687. The predicted molar refractivity (Wildman–Crippen MR) is 102 cm³/mol. The Hall–Kier alpha value is -2.54. The number of hydrogen-bond acceptors (Lipinski definition) is 5. The van der Waals surface area contributed by atoms with Gasteiger partial charge in [-0.3, -0.25) is 4.79 Å². The Morgan fingerprint density at radius 2 is 1.62 bits per heavy atom. The second kappa shape index (κ2) is 9.24. The van der Waals surface area contributed by atoms with Crippen molar-refractivity contribution in [3.63, 3.8) is 0 Å². The number of anilines is 1. The predicted octanol–water partition coefficient (Wildman–Crippen LogP) is 3.82. The van der Waals surface area contributed by atoms with Gasteiger partial charge in [0.15, 0.2) is 11.5 Å². The highest BCUT2D eigenvalue weighted by molar-refractivity contribution is 9.10. The van der Waals surface area contributed by atoms with Crippen LogP contribution in [0, 0.1) is 0 Å². The van der Waals surface area contributed by atoms with E-state index in [4.69, 9.17) is 9.47 Å². The van der Waals surface area contributed by atoms with Crippen molar-refractivity contribution in [3.8, 4) is 11.5 Å². The summed E-state index contributed by atoms with van der Waals surface area (Å²) in [4.78, 5) is 23.6. The Bertz CT molecular complexity index is 789. The lowest BCUT2D eigenvalue weighted by atomic mass is 10.1. The van der Waals surface area contributed by atoms with Crippen molar-refractivity contribution in [1.82, 2.24) is 0 Å². The first kappa shape index (κ1) is 19.8. The van der Waals surface area contributed by atoms with Crippen molar-refractivity contribution in [2.24, 2.45) is 0 Å². The third kappa shape index (κ3) is 4.98. The summed E-state index contributed by atoms with van der Waals surface area (Å²) in [6.45, 7) is 0. The van der Waals surface area contributed by atoms with Crippen molar-refractivity contribution < 1.29 is 23.8 Å². The summed E-state index contributed by atoms with van der Waals surface area (Å²) in [6.07, 6.45) is 0.833. The molecule has 138 valence electrons. The van der Waals surface area contributed by atoms with Crippen molar-refractivity contribution in [2.75, 3.05) is 26.6 Å². The first-order valence-electron chi connectivity index (χ1n) is 7.87. The van der Waals surface area contributed by atoms with Crippen LogP contribution in [0.15, 0.2) is 40.9 Å². The summed E-state index contributed by atoms with van der Waals surface area (Å²) < 4.78 is 16.0. The number of carbonyl (C=O) groups excluding carboxylic acids is 2. The molecule has 6 nitrogen and oxygen atoms in total. The standard InChI is InChI=1S/C19H20BrNO5/c1-24-16-10-13(15(20)11-17(16)25-2)6-9-18(22)21-14-7-4-12(5-8-14)19(23)26-3/h4-5,7-8,10-11H,6,9H2,1-3H3,(H,21,22). The SMILES string of the molecule is COC(=O)c1ccc(NC(=O)CCc2cc(OC)c(OC)cc2Br)cc1. The molecule has 0 atom stereocenters. The van der Waals surface area contributed by atoms with Crippen LogP contribution in [-0.2, 0) is 16.0 Å². The van der Waals surface area contributed by atoms with E-state index in [0.29, 0.717) is 35.6 Å². The van der Waals surface area contributed by atoms with Gasteiger partial charge < -0.3 is 19.5 Å². The molecular weight excluding hydrogens is 402 g/mol. The Morgan fingerprint density at radius 3 is 2.19 bits per heavy atom. The molecule has 2 aromatic rings. The molecule has 0 unspecified atom stereocenters. The van der Waals surface area contributed by atoms with Gasteiger partial charge in [0.1, 0.15) is 0 Å². The van der Waals surface area contributed by atoms with Crippen molar-refractivity contribution >= 4 is 33.5 Å². The zero-order valence-corrected chi connectivity index (χ0v) is 16.4. The molecule has 0 aliphatic heterocycles. The Morgan fingerprint density at radius 1 is 1.00 bits per heavy atom. The molecular formula is C19H20BrNO5. The highest BCUT2D eigenvalue weighted by Gasteiger charge is 2.12. The average Bonchev–Trinajstić information content (AvgIpc) is 2.66. The summed E-state index contributed by atoms with van der Waals surface area (Å²) in [5.41, 5.74) is 1.99. The summed E-state index contributed by atoms with van der Waals surface area (Å²) >= 11 is 3.49. The maximum Gasteiger partial charge on any atom is 0.337 e. The molecule has 7 heteroatoms. The van der Waals surface area contributed by atoms with E-state index in [9.17, 15) is 9.59 Å². The van der Waals surface area contributed by atoms with Crippen LogP contribution in [0.3, 0.4) is 0 Å². The Balaban J connectivity index is 1.97. The minimum absolute atomic E-state index is 0.127. The molecule has 0 aliphatic carbocycles. The average molecular weight is 422 g/mol. The van der Waals surface area contributed by atoms with Crippen molar-refractivity contribution in [3.05, 3.63) is 52.0 Å². The molecule has 0 aromatic heterocycles. The lowest BCUT2D eigenvalue weighted by Crippen LogP contribution is -2.12. The highest BCUT2D eigenvalue weighted by Crippen LogP contribution is 2.33. The van der Waals surface area contributed by atoms with Gasteiger partial charge in [-0.2, -0.15) is 0 Å². The number of amides is 1. The lowest BCUT2D eigenvalue weighted by molar-refractivity contribution is -0.116. The molecule has 0 fully saturated rings. The number of carbonyl (C=O) groups is 2. The molecule has 2 aromatic carbocycles. The Kier molecular flexibility index (Phi) is 7.03. The van der Waals surface area contributed by atoms with Crippen LogP contribution < -0.4 is 14.8 Å². The number of esters is 1. The number of halogens is 1. The maximum absolute atomic E-state index is 12.2.